The molecule has 1 N–H and O–H groups in total. The molecule has 15 heavy (non-hydrogen) atoms. The molecular weight excluding hydrogens is 190 g/mol. The molecule has 2 aromatic heterocycles. The van der Waals surface area contributed by atoms with Gasteiger partial charge in [-0.3, -0.25) is 4.57 Å². The van der Waals surface area contributed by atoms with E-state index in [-0.39, 0.29) is 0 Å². The Labute approximate surface area is 87.2 Å². The minimum absolute atomic E-state index is 0.593. The molecule has 1 saturated carbocycles. The van der Waals surface area contributed by atoms with Crippen molar-refractivity contribution >= 4 is 5.95 Å². The van der Waals surface area contributed by atoms with Crippen molar-refractivity contribution in [1.82, 2.24) is 19.5 Å². The van der Waals surface area contributed by atoms with E-state index in [1.165, 1.54) is 19.2 Å². The monoisotopic (exact) mass is 201 g/mol. The van der Waals surface area contributed by atoms with Gasteiger partial charge in [0.25, 0.3) is 0 Å². The third-order valence-corrected chi connectivity index (χ3v) is 2.38. The van der Waals surface area contributed by atoms with Crippen LogP contribution in [0.1, 0.15) is 12.8 Å². The second-order valence-electron chi connectivity index (χ2n) is 3.64. The van der Waals surface area contributed by atoms with Crippen LogP contribution in [-0.4, -0.2) is 25.6 Å². The van der Waals surface area contributed by atoms with Gasteiger partial charge in [0.15, 0.2) is 0 Å². The van der Waals surface area contributed by atoms with Gasteiger partial charge >= 0.3 is 0 Å². The Kier molecular flexibility index (Phi) is 1.87. The smallest absolute Gasteiger partial charge is 0.207 e. The number of hydrogen-bond donors (Lipinski definition) is 1. The van der Waals surface area contributed by atoms with Crippen LogP contribution in [0.25, 0.3) is 5.69 Å². The van der Waals surface area contributed by atoms with Crippen LogP contribution in [0, 0.1) is 0 Å². The summed E-state index contributed by atoms with van der Waals surface area (Å²) in [5, 5.41) is 3.36. The Morgan fingerprint density at radius 1 is 1.27 bits per heavy atom. The van der Waals surface area contributed by atoms with Crippen LogP contribution in [0.2, 0.25) is 0 Å². The molecule has 2 aromatic rings. The highest BCUT2D eigenvalue weighted by atomic mass is 15.2. The van der Waals surface area contributed by atoms with Gasteiger partial charge in [-0.15, -0.1) is 0 Å². The van der Waals surface area contributed by atoms with Crippen molar-refractivity contribution in [3.8, 4) is 5.69 Å². The lowest BCUT2D eigenvalue weighted by atomic mass is 10.5. The SMILES string of the molecule is c1ncc(-n2ccnc2NC2CC2)cn1. The second kappa shape index (κ2) is 3.34. The number of rotatable bonds is 3. The third-order valence-electron chi connectivity index (χ3n) is 2.38. The van der Waals surface area contributed by atoms with Crippen molar-refractivity contribution in [3.63, 3.8) is 0 Å². The van der Waals surface area contributed by atoms with Crippen LogP contribution < -0.4 is 5.32 Å². The van der Waals surface area contributed by atoms with Gasteiger partial charge in [-0.1, -0.05) is 0 Å². The lowest BCUT2D eigenvalue weighted by Crippen LogP contribution is -2.07. The molecule has 0 aliphatic heterocycles. The molecule has 1 aliphatic rings. The summed E-state index contributed by atoms with van der Waals surface area (Å²) >= 11 is 0. The highest BCUT2D eigenvalue weighted by Crippen LogP contribution is 2.24. The van der Waals surface area contributed by atoms with Gasteiger partial charge in [0.05, 0.1) is 18.1 Å². The van der Waals surface area contributed by atoms with Crippen LogP contribution in [0.15, 0.2) is 31.1 Å². The number of aromatic nitrogens is 4. The van der Waals surface area contributed by atoms with E-state index in [1.54, 1.807) is 18.6 Å². The Hall–Kier alpha value is -1.91. The van der Waals surface area contributed by atoms with Crippen LogP contribution in [0.3, 0.4) is 0 Å². The van der Waals surface area contributed by atoms with E-state index < -0.39 is 0 Å². The molecule has 5 heteroatoms. The fourth-order valence-corrected chi connectivity index (χ4v) is 1.44. The molecule has 3 rings (SSSR count). The molecule has 0 atom stereocenters. The van der Waals surface area contributed by atoms with E-state index in [2.05, 4.69) is 20.3 Å². The molecule has 1 aliphatic carbocycles. The van der Waals surface area contributed by atoms with Gasteiger partial charge in [-0.2, -0.15) is 0 Å². The maximum absolute atomic E-state index is 4.27. The fraction of sp³-hybridized carbons (Fsp3) is 0.300. The van der Waals surface area contributed by atoms with E-state index in [9.17, 15) is 0 Å². The van der Waals surface area contributed by atoms with Gasteiger partial charge in [0.2, 0.25) is 5.95 Å². The second-order valence-corrected chi connectivity index (χ2v) is 3.64. The lowest BCUT2D eigenvalue weighted by molar-refractivity contribution is 0.977. The summed E-state index contributed by atoms with van der Waals surface area (Å²) in [7, 11) is 0. The zero-order valence-corrected chi connectivity index (χ0v) is 8.17. The first-order valence-corrected chi connectivity index (χ1v) is 4.99. The number of anilines is 1. The van der Waals surface area contributed by atoms with E-state index in [4.69, 9.17) is 0 Å². The lowest BCUT2D eigenvalue weighted by Gasteiger charge is -2.07. The molecule has 0 radical (unpaired) electrons. The summed E-state index contributed by atoms with van der Waals surface area (Å²) in [5.41, 5.74) is 0.929. The molecule has 5 nitrogen and oxygen atoms in total. The molecule has 0 unspecified atom stereocenters. The summed E-state index contributed by atoms with van der Waals surface area (Å²) in [5.74, 6) is 0.868. The summed E-state index contributed by atoms with van der Waals surface area (Å²) in [4.78, 5) is 12.2. The van der Waals surface area contributed by atoms with Gasteiger partial charge in [-0.05, 0) is 12.8 Å². The van der Waals surface area contributed by atoms with E-state index >= 15 is 0 Å². The Balaban J connectivity index is 1.93. The molecule has 0 amide bonds. The molecular formula is C10H11N5. The predicted octanol–water partition coefficient (Wildman–Crippen LogP) is 1.24. The third kappa shape index (κ3) is 1.68. The average Bonchev–Trinajstić information content (AvgIpc) is 2.96. The maximum atomic E-state index is 4.27. The van der Waals surface area contributed by atoms with E-state index in [1.807, 2.05) is 10.8 Å². The highest BCUT2D eigenvalue weighted by molar-refractivity contribution is 5.40. The largest absolute Gasteiger partial charge is 0.353 e. The first kappa shape index (κ1) is 8.40. The summed E-state index contributed by atoms with van der Waals surface area (Å²) in [6, 6.07) is 0.593. The van der Waals surface area contributed by atoms with Crippen molar-refractivity contribution < 1.29 is 0 Å². The van der Waals surface area contributed by atoms with Crippen LogP contribution >= 0.6 is 0 Å². The molecule has 76 valence electrons. The first-order chi connectivity index (χ1) is 7.43. The highest BCUT2D eigenvalue weighted by Gasteiger charge is 2.22. The molecule has 1 fully saturated rings. The van der Waals surface area contributed by atoms with Crippen molar-refractivity contribution in [2.24, 2.45) is 0 Å². The van der Waals surface area contributed by atoms with Crippen LogP contribution in [0.5, 0.6) is 0 Å². The van der Waals surface area contributed by atoms with Crippen molar-refractivity contribution in [3.05, 3.63) is 31.1 Å². The zero-order chi connectivity index (χ0) is 10.1. The maximum Gasteiger partial charge on any atom is 0.207 e. The quantitative estimate of drug-likeness (QED) is 0.811. The van der Waals surface area contributed by atoms with E-state index in [0.717, 1.165) is 11.6 Å². The van der Waals surface area contributed by atoms with Gasteiger partial charge in [0, 0.05) is 18.4 Å². The van der Waals surface area contributed by atoms with E-state index in [0.29, 0.717) is 6.04 Å². The topological polar surface area (TPSA) is 55.6 Å². The molecule has 0 spiro atoms. The van der Waals surface area contributed by atoms with Gasteiger partial charge in [-0.25, -0.2) is 15.0 Å². The number of hydrogen-bond acceptors (Lipinski definition) is 4. The van der Waals surface area contributed by atoms with Crippen molar-refractivity contribution in [2.45, 2.75) is 18.9 Å². The average molecular weight is 201 g/mol. The minimum Gasteiger partial charge on any atom is -0.353 e. The van der Waals surface area contributed by atoms with Crippen LogP contribution in [-0.2, 0) is 0 Å². The number of imidazole rings is 1. The number of nitrogens with zero attached hydrogens (tertiary/aromatic N) is 4. The molecule has 0 saturated heterocycles. The minimum atomic E-state index is 0.593. The molecule has 2 heterocycles. The van der Waals surface area contributed by atoms with Crippen LogP contribution in [0.4, 0.5) is 5.95 Å². The Morgan fingerprint density at radius 2 is 2.07 bits per heavy atom. The van der Waals surface area contributed by atoms with Gasteiger partial charge < -0.3 is 5.32 Å². The normalized spacial score (nSPS) is 15.2. The zero-order valence-electron chi connectivity index (χ0n) is 8.17. The standard InChI is InChI=1S/C10H11N5/c1-2-8(1)14-10-13-3-4-15(10)9-5-11-7-12-6-9/h3-8H,1-2H2,(H,13,14). The molecule has 0 aromatic carbocycles. The summed E-state index contributed by atoms with van der Waals surface area (Å²) < 4.78 is 1.96. The predicted molar refractivity (Wildman–Crippen MR) is 55.8 cm³/mol. The summed E-state index contributed by atoms with van der Waals surface area (Å²) in [6.07, 6.45) is 11.2. The first-order valence-electron chi connectivity index (χ1n) is 4.99. The summed E-state index contributed by atoms with van der Waals surface area (Å²) in [6.45, 7) is 0. The fourth-order valence-electron chi connectivity index (χ4n) is 1.44. The Bertz CT molecular complexity index is 446. The number of nitrogens with one attached hydrogen (secondary N) is 1. The van der Waals surface area contributed by atoms with Gasteiger partial charge in [0.1, 0.15) is 6.33 Å². The van der Waals surface area contributed by atoms with Crippen molar-refractivity contribution in [1.29, 1.82) is 0 Å². The van der Waals surface area contributed by atoms with Crippen molar-refractivity contribution in [2.75, 3.05) is 5.32 Å². The Morgan fingerprint density at radius 3 is 2.80 bits per heavy atom. The molecule has 0 bridgehead atoms.